The minimum Gasteiger partial charge on any atom is -0.480 e. The predicted octanol–water partition coefficient (Wildman–Crippen LogP) is 0.506. The van der Waals surface area contributed by atoms with Gasteiger partial charge in [0, 0.05) is 16.8 Å². The lowest BCUT2D eigenvalue weighted by Crippen LogP contribution is -2.11. The molecule has 0 spiro atoms. The van der Waals surface area contributed by atoms with Crippen LogP contribution in [0.25, 0.3) is 0 Å². The molecule has 0 aromatic carbocycles. The van der Waals surface area contributed by atoms with Crippen LogP contribution in [0.3, 0.4) is 0 Å². The molecule has 0 fully saturated rings. The van der Waals surface area contributed by atoms with Crippen molar-refractivity contribution in [2.45, 2.75) is 17.5 Å². The average Bonchev–Trinajstić information content (AvgIpc) is 2.84. The predicted molar refractivity (Wildman–Crippen MR) is 57.1 cm³/mol. The summed E-state index contributed by atoms with van der Waals surface area (Å²) in [5.74, 6) is -0.281. The zero-order valence-corrected chi connectivity index (χ0v) is 9.61. The molecule has 7 nitrogen and oxygen atoms in total. The second-order valence-electron chi connectivity index (χ2n) is 2.77. The number of carbonyl (C=O) groups is 1. The second kappa shape index (κ2) is 5.03. The number of hydrogen-bond acceptors (Lipinski definition) is 7. The molecule has 0 radical (unpaired) electrons. The van der Waals surface area contributed by atoms with Gasteiger partial charge in [-0.1, -0.05) is 11.8 Å². The summed E-state index contributed by atoms with van der Waals surface area (Å²) in [6, 6.07) is 0. The van der Waals surface area contributed by atoms with E-state index in [0.717, 1.165) is 4.88 Å². The highest BCUT2D eigenvalue weighted by Crippen LogP contribution is 2.21. The van der Waals surface area contributed by atoms with Gasteiger partial charge in [-0.3, -0.25) is 9.78 Å². The highest BCUT2D eigenvalue weighted by atomic mass is 32.2. The van der Waals surface area contributed by atoms with Crippen LogP contribution >= 0.6 is 23.1 Å². The highest BCUT2D eigenvalue weighted by molar-refractivity contribution is 7.98. The van der Waals surface area contributed by atoms with E-state index in [0.29, 0.717) is 10.9 Å². The summed E-state index contributed by atoms with van der Waals surface area (Å²) in [5.41, 5.74) is 1.75. The van der Waals surface area contributed by atoms with Crippen molar-refractivity contribution in [1.82, 2.24) is 25.2 Å². The molecule has 0 aliphatic heterocycles. The average molecular weight is 257 g/mol. The van der Waals surface area contributed by atoms with Gasteiger partial charge in [0.05, 0.1) is 5.51 Å². The fourth-order valence-electron chi connectivity index (χ4n) is 0.976. The molecule has 0 atom stereocenters. The molecule has 0 bridgehead atoms. The molecule has 1 N–H and O–H groups in total. The summed E-state index contributed by atoms with van der Waals surface area (Å²) in [5, 5.41) is 19.9. The molecule has 2 heterocycles. The Bertz CT molecular complexity index is 469. The lowest BCUT2D eigenvalue weighted by atomic mass is 10.6. The van der Waals surface area contributed by atoms with Gasteiger partial charge in [0.1, 0.15) is 6.54 Å². The molecule has 0 aliphatic rings. The molecule has 84 valence electrons. The van der Waals surface area contributed by atoms with Crippen LogP contribution in [-0.4, -0.2) is 36.3 Å². The number of hydrogen-bond donors (Lipinski definition) is 1. The third-order valence-corrected chi connectivity index (χ3v) is 3.58. The molecule has 0 saturated carbocycles. The first kappa shape index (κ1) is 11.0. The number of carboxylic acids is 1. The number of aromatic nitrogens is 5. The van der Waals surface area contributed by atoms with Crippen LogP contribution in [0, 0.1) is 0 Å². The maximum absolute atomic E-state index is 10.5. The zero-order chi connectivity index (χ0) is 11.4. The zero-order valence-electron chi connectivity index (χ0n) is 7.98. The first-order valence-electron chi connectivity index (χ1n) is 4.24. The lowest BCUT2D eigenvalue weighted by molar-refractivity contribution is -0.138. The second-order valence-corrected chi connectivity index (χ2v) is 4.68. The van der Waals surface area contributed by atoms with E-state index in [4.69, 9.17) is 5.11 Å². The first-order chi connectivity index (χ1) is 7.75. The van der Waals surface area contributed by atoms with Crippen LogP contribution in [0.2, 0.25) is 0 Å². The van der Waals surface area contributed by atoms with Gasteiger partial charge in [0.15, 0.2) is 0 Å². The Morgan fingerprint density at radius 2 is 2.50 bits per heavy atom. The number of nitrogens with zero attached hydrogens (tertiary/aromatic N) is 5. The van der Waals surface area contributed by atoms with E-state index >= 15 is 0 Å². The summed E-state index contributed by atoms with van der Waals surface area (Å²) < 4.78 is 1.26. The first-order valence-corrected chi connectivity index (χ1v) is 6.10. The van der Waals surface area contributed by atoms with Crippen molar-refractivity contribution in [3.63, 3.8) is 0 Å². The molecule has 0 aliphatic carbocycles. The number of thiazole rings is 1. The van der Waals surface area contributed by atoms with Gasteiger partial charge in [-0.25, -0.2) is 4.68 Å². The Kier molecular flexibility index (Phi) is 3.47. The number of aliphatic carboxylic acids is 1. The van der Waals surface area contributed by atoms with Crippen LogP contribution in [0.5, 0.6) is 0 Å². The van der Waals surface area contributed by atoms with Gasteiger partial charge in [-0.2, -0.15) is 0 Å². The maximum atomic E-state index is 10.5. The Labute approximate surface area is 98.5 Å². The number of thioether (sulfide) groups is 1. The molecular weight excluding hydrogens is 250 g/mol. The van der Waals surface area contributed by atoms with Crippen molar-refractivity contribution < 1.29 is 9.90 Å². The van der Waals surface area contributed by atoms with Crippen LogP contribution in [-0.2, 0) is 17.1 Å². The number of rotatable bonds is 5. The van der Waals surface area contributed by atoms with Crippen LogP contribution < -0.4 is 0 Å². The Morgan fingerprint density at radius 3 is 3.19 bits per heavy atom. The van der Waals surface area contributed by atoms with E-state index < -0.39 is 5.97 Å². The summed E-state index contributed by atoms with van der Waals surface area (Å²) in [6.07, 6.45) is 1.77. The van der Waals surface area contributed by atoms with Gasteiger partial charge < -0.3 is 5.11 Å². The third-order valence-electron chi connectivity index (χ3n) is 1.61. The van der Waals surface area contributed by atoms with Gasteiger partial charge >= 0.3 is 5.97 Å². The van der Waals surface area contributed by atoms with Gasteiger partial charge in [-0.05, 0) is 10.4 Å². The smallest absolute Gasteiger partial charge is 0.325 e. The van der Waals surface area contributed by atoms with Crippen LogP contribution in [0.15, 0.2) is 16.9 Å². The topological polar surface area (TPSA) is 93.8 Å². The van der Waals surface area contributed by atoms with E-state index in [-0.39, 0.29) is 6.54 Å². The van der Waals surface area contributed by atoms with Gasteiger partial charge in [-0.15, -0.1) is 16.4 Å². The summed E-state index contributed by atoms with van der Waals surface area (Å²) in [4.78, 5) is 15.6. The van der Waals surface area contributed by atoms with Crippen molar-refractivity contribution >= 4 is 29.1 Å². The lowest BCUT2D eigenvalue weighted by Gasteiger charge is -1.99. The summed E-state index contributed by atoms with van der Waals surface area (Å²) >= 11 is 2.93. The molecular formula is C7H7N5O2S2. The quantitative estimate of drug-likeness (QED) is 0.780. The minimum atomic E-state index is -0.966. The Morgan fingerprint density at radius 1 is 1.62 bits per heavy atom. The fourth-order valence-corrected chi connectivity index (χ4v) is 2.49. The molecule has 0 saturated heterocycles. The molecule has 0 unspecified atom stereocenters. The SMILES string of the molecule is O=C(O)Cn1nnnc1SCc1cncs1. The Hall–Kier alpha value is -1.48. The number of carboxylic acid groups (broad SMARTS) is 1. The van der Waals surface area contributed by atoms with Crippen molar-refractivity contribution in [3.05, 3.63) is 16.6 Å². The van der Waals surface area contributed by atoms with Crippen LogP contribution in [0.1, 0.15) is 4.88 Å². The monoisotopic (exact) mass is 257 g/mol. The van der Waals surface area contributed by atoms with E-state index in [9.17, 15) is 4.79 Å². The van der Waals surface area contributed by atoms with Crippen molar-refractivity contribution in [2.24, 2.45) is 0 Å². The standard InChI is InChI=1S/C7H7N5O2S2/c13-6(14)2-12-7(9-10-11-12)15-3-5-1-8-4-16-5/h1,4H,2-3H2,(H,13,14). The highest BCUT2D eigenvalue weighted by Gasteiger charge is 2.10. The maximum Gasteiger partial charge on any atom is 0.325 e. The molecule has 2 aromatic rings. The van der Waals surface area contributed by atoms with Crippen molar-refractivity contribution in [3.8, 4) is 0 Å². The number of tetrazole rings is 1. The summed E-state index contributed by atoms with van der Waals surface area (Å²) in [7, 11) is 0. The molecule has 2 aromatic heterocycles. The van der Waals surface area contributed by atoms with E-state index in [1.165, 1.54) is 27.8 Å². The normalized spacial score (nSPS) is 10.5. The molecule has 16 heavy (non-hydrogen) atoms. The fraction of sp³-hybridized carbons (Fsp3) is 0.286. The molecule has 0 amide bonds. The third kappa shape index (κ3) is 2.76. The molecule has 9 heteroatoms. The van der Waals surface area contributed by atoms with Crippen molar-refractivity contribution in [2.75, 3.05) is 0 Å². The van der Waals surface area contributed by atoms with E-state index in [1.54, 1.807) is 11.7 Å². The minimum absolute atomic E-state index is 0.224. The largest absolute Gasteiger partial charge is 0.480 e. The van der Waals surface area contributed by atoms with E-state index in [2.05, 4.69) is 20.5 Å². The van der Waals surface area contributed by atoms with Crippen molar-refractivity contribution in [1.29, 1.82) is 0 Å². The molecule has 2 rings (SSSR count). The van der Waals surface area contributed by atoms with E-state index in [1.807, 2.05) is 0 Å². The van der Waals surface area contributed by atoms with Crippen LogP contribution in [0.4, 0.5) is 0 Å². The van der Waals surface area contributed by atoms with Gasteiger partial charge in [0.2, 0.25) is 5.16 Å². The summed E-state index contributed by atoms with van der Waals surface area (Å²) in [6.45, 7) is -0.224. The van der Waals surface area contributed by atoms with Gasteiger partial charge in [0.25, 0.3) is 0 Å². The Balaban J connectivity index is 1.99.